The summed E-state index contributed by atoms with van der Waals surface area (Å²) >= 11 is 0. The van der Waals surface area contributed by atoms with E-state index in [0.29, 0.717) is 12.0 Å². The van der Waals surface area contributed by atoms with E-state index in [1.54, 1.807) is 0 Å². The first kappa shape index (κ1) is 21.5. The Morgan fingerprint density at radius 2 is 1.76 bits per heavy atom. The molecule has 4 nitrogen and oxygen atoms in total. The fourth-order valence-corrected chi connectivity index (χ4v) is 3.02. The first-order valence-electron chi connectivity index (χ1n) is 9.85. The van der Waals surface area contributed by atoms with Gasteiger partial charge >= 0.3 is 0 Å². The van der Waals surface area contributed by atoms with Gasteiger partial charge < -0.3 is 15.5 Å². The predicted molar refractivity (Wildman–Crippen MR) is 110 cm³/mol. The van der Waals surface area contributed by atoms with Crippen LogP contribution in [0.1, 0.15) is 58.4 Å². The maximum Gasteiger partial charge on any atom is 0.191 e. The molecule has 0 amide bonds. The molecule has 0 aliphatic carbocycles. The molecule has 2 unspecified atom stereocenters. The fraction of sp³-hybridized carbons (Fsp3) is 0.667. The molecule has 2 atom stereocenters. The lowest BCUT2D eigenvalue weighted by Gasteiger charge is -2.21. The zero-order valence-corrected chi connectivity index (χ0v) is 16.9. The number of aliphatic imine (C=N–C) groups is 1. The highest BCUT2D eigenvalue weighted by Gasteiger charge is 2.08. The minimum Gasteiger partial charge on any atom is -0.356 e. The Bertz CT molecular complexity index is 468. The molecule has 2 N–H and O–H groups in total. The molecule has 4 heteroatoms. The van der Waals surface area contributed by atoms with Crippen LogP contribution in [0.5, 0.6) is 0 Å². The van der Waals surface area contributed by atoms with E-state index in [-0.39, 0.29) is 0 Å². The normalized spacial score (nSPS) is 14.4. The zero-order chi connectivity index (χ0) is 18.5. The topological polar surface area (TPSA) is 39.7 Å². The summed E-state index contributed by atoms with van der Waals surface area (Å²) in [5.41, 5.74) is 1.40. The lowest BCUT2D eigenvalue weighted by molar-refractivity contribution is 0.292. The standard InChI is InChI=1S/C21H38N4/c1-6-25(7-2)17-11-12-19(4)24-21(22-5)23-16-15-18(3)20-13-9-8-10-14-20/h8-10,13-14,18-19H,6-7,11-12,15-17H2,1-5H3,(H2,22,23,24). The molecule has 0 aliphatic rings. The highest BCUT2D eigenvalue weighted by molar-refractivity contribution is 5.79. The molecule has 0 saturated carbocycles. The van der Waals surface area contributed by atoms with Crippen LogP contribution in [0, 0.1) is 0 Å². The van der Waals surface area contributed by atoms with Crippen LogP contribution in [-0.4, -0.2) is 50.1 Å². The van der Waals surface area contributed by atoms with Gasteiger partial charge in [-0.05, 0) is 57.3 Å². The first-order valence-corrected chi connectivity index (χ1v) is 9.85. The molecular formula is C21H38N4. The van der Waals surface area contributed by atoms with Crippen molar-refractivity contribution in [1.29, 1.82) is 0 Å². The lowest BCUT2D eigenvalue weighted by atomic mass is 9.98. The third-order valence-electron chi connectivity index (χ3n) is 4.85. The summed E-state index contributed by atoms with van der Waals surface area (Å²) in [6, 6.07) is 11.1. The molecule has 1 rings (SSSR count). The van der Waals surface area contributed by atoms with Crippen LogP contribution >= 0.6 is 0 Å². The second-order valence-electron chi connectivity index (χ2n) is 6.81. The highest BCUT2D eigenvalue weighted by atomic mass is 15.2. The number of benzene rings is 1. The minimum atomic E-state index is 0.438. The van der Waals surface area contributed by atoms with E-state index in [0.717, 1.165) is 38.4 Å². The van der Waals surface area contributed by atoms with Gasteiger partial charge in [0, 0.05) is 19.6 Å². The van der Waals surface area contributed by atoms with Crippen LogP contribution < -0.4 is 10.6 Å². The van der Waals surface area contributed by atoms with Crippen molar-refractivity contribution in [3.8, 4) is 0 Å². The second-order valence-corrected chi connectivity index (χ2v) is 6.81. The molecule has 25 heavy (non-hydrogen) atoms. The molecule has 0 radical (unpaired) electrons. The van der Waals surface area contributed by atoms with Gasteiger partial charge in [0.05, 0.1) is 0 Å². The summed E-state index contributed by atoms with van der Waals surface area (Å²) in [5.74, 6) is 1.47. The van der Waals surface area contributed by atoms with Gasteiger partial charge in [-0.2, -0.15) is 0 Å². The largest absolute Gasteiger partial charge is 0.356 e. The quantitative estimate of drug-likeness (QED) is 0.472. The number of hydrogen-bond acceptors (Lipinski definition) is 2. The van der Waals surface area contributed by atoms with Crippen molar-refractivity contribution in [2.24, 2.45) is 4.99 Å². The number of guanidine groups is 1. The van der Waals surface area contributed by atoms with Crippen LogP contribution in [0.4, 0.5) is 0 Å². The third-order valence-corrected chi connectivity index (χ3v) is 4.85. The molecule has 0 spiro atoms. The number of rotatable bonds is 11. The Balaban J connectivity index is 2.25. The molecule has 0 bridgehead atoms. The monoisotopic (exact) mass is 346 g/mol. The molecule has 0 fully saturated rings. The lowest BCUT2D eigenvalue weighted by Crippen LogP contribution is -2.43. The smallest absolute Gasteiger partial charge is 0.191 e. The molecule has 142 valence electrons. The van der Waals surface area contributed by atoms with Crippen molar-refractivity contribution in [1.82, 2.24) is 15.5 Å². The SMILES string of the molecule is CCN(CC)CCCC(C)NC(=NC)NCCC(C)c1ccccc1. The summed E-state index contributed by atoms with van der Waals surface area (Å²) in [6.45, 7) is 13.4. The summed E-state index contributed by atoms with van der Waals surface area (Å²) in [5, 5.41) is 6.96. The second kappa shape index (κ2) is 12.8. The maximum atomic E-state index is 4.36. The molecule has 0 aliphatic heterocycles. The first-order chi connectivity index (χ1) is 12.1. The van der Waals surface area contributed by atoms with Gasteiger partial charge in [-0.15, -0.1) is 0 Å². The summed E-state index contributed by atoms with van der Waals surface area (Å²) in [6.07, 6.45) is 3.48. The van der Waals surface area contributed by atoms with E-state index in [2.05, 4.69) is 78.6 Å². The molecular weight excluding hydrogens is 308 g/mol. The van der Waals surface area contributed by atoms with Crippen LogP contribution in [0.2, 0.25) is 0 Å². The van der Waals surface area contributed by atoms with Gasteiger partial charge in [-0.1, -0.05) is 51.1 Å². The predicted octanol–water partition coefficient (Wildman–Crippen LogP) is 3.86. The van der Waals surface area contributed by atoms with Crippen LogP contribution in [0.15, 0.2) is 35.3 Å². The summed E-state index contributed by atoms with van der Waals surface area (Å²) < 4.78 is 0. The Kier molecular flexibility index (Phi) is 11.0. The van der Waals surface area contributed by atoms with Crippen molar-refractivity contribution < 1.29 is 0 Å². The van der Waals surface area contributed by atoms with Crippen molar-refractivity contribution in [2.45, 2.75) is 58.9 Å². The molecule has 0 aromatic heterocycles. The Labute approximate surface area is 155 Å². The van der Waals surface area contributed by atoms with Crippen LogP contribution in [0.3, 0.4) is 0 Å². The Morgan fingerprint density at radius 1 is 1.08 bits per heavy atom. The molecule has 1 aromatic rings. The fourth-order valence-electron chi connectivity index (χ4n) is 3.02. The molecule has 0 saturated heterocycles. The summed E-state index contributed by atoms with van der Waals surface area (Å²) in [7, 11) is 1.85. The van der Waals surface area contributed by atoms with Gasteiger partial charge in [0.15, 0.2) is 5.96 Å². The van der Waals surface area contributed by atoms with E-state index < -0.39 is 0 Å². The van der Waals surface area contributed by atoms with E-state index in [1.165, 1.54) is 18.5 Å². The van der Waals surface area contributed by atoms with E-state index in [4.69, 9.17) is 0 Å². The highest BCUT2D eigenvalue weighted by Crippen LogP contribution is 2.17. The van der Waals surface area contributed by atoms with Gasteiger partial charge in [0.25, 0.3) is 0 Å². The Hall–Kier alpha value is -1.55. The minimum absolute atomic E-state index is 0.438. The third kappa shape index (κ3) is 8.92. The van der Waals surface area contributed by atoms with Gasteiger partial charge in [0.1, 0.15) is 0 Å². The summed E-state index contributed by atoms with van der Waals surface area (Å²) in [4.78, 5) is 6.83. The van der Waals surface area contributed by atoms with Crippen molar-refractivity contribution in [3.05, 3.63) is 35.9 Å². The van der Waals surface area contributed by atoms with Crippen molar-refractivity contribution in [2.75, 3.05) is 33.2 Å². The van der Waals surface area contributed by atoms with Crippen LogP contribution in [0.25, 0.3) is 0 Å². The van der Waals surface area contributed by atoms with Gasteiger partial charge in [-0.25, -0.2) is 0 Å². The van der Waals surface area contributed by atoms with E-state index in [1.807, 2.05) is 7.05 Å². The Morgan fingerprint density at radius 3 is 2.36 bits per heavy atom. The van der Waals surface area contributed by atoms with Crippen LogP contribution in [-0.2, 0) is 0 Å². The number of nitrogens with zero attached hydrogens (tertiary/aromatic N) is 2. The van der Waals surface area contributed by atoms with Crippen molar-refractivity contribution in [3.63, 3.8) is 0 Å². The molecule has 1 aromatic carbocycles. The zero-order valence-electron chi connectivity index (χ0n) is 16.9. The van der Waals surface area contributed by atoms with E-state index >= 15 is 0 Å². The number of hydrogen-bond donors (Lipinski definition) is 2. The van der Waals surface area contributed by atoms with Gasteiger partial charge in [0.2, 0.25) is 0 Å². The average Bonchev–Trinajstić information content (AvgIpc) is 2.65. The van der Waals surface area contributed by atoms with Crippen molar-refractivity contribution >= 4 is 5.96 Å². The van der Waals surface area contributed by atoms with E-state index in [9.17, 15) is 0 Å². The maximum absolute atomic E-state index is 4.36. The number of nitrogens with one attached hydrogen (secondary N) is 2. The molecule has 0 heterocycles. The average molecular weight is 347 g/mol. The van der Waals surface area contributed by atoms with Gasteiger partial charge in [-0.3, -0.25) is 4.99 Å².